The van der Waals surface area contributed by atoms with Crippen molar-refractivity contribution in [1.29, 1.82) is 0 Å². The van der Waals surface area contributed by atoms with Crippen LogP contribution in [0.2, 0.25) is 5.28 Å². The van der Waals surface area contributed by atoms with Gasteiger partial charge in [0, 0.05) is 21.0 Å². The standard InChI is InChI=1S/C16H9ClN2S/c17-16-18-14(10-6-2-1-3-7-10)13-11-8-4-5-9-12(11)20-15(13)19-16/h1-9H/i1D,2D,3D,6D,7D. The number of rotatable bonds is 1. The molecule has 0 amide bonds. The lowest BCUT2D eigenvalue weighted by atomic mass is 10.1. The second-order valence-electron chi connectivity index (χ2n) is 4.12. The molecular formula is C16H9ClN2S. The molecule has 0 saturated carbocycles. The van der Waals surface area contributed by atoms with Crippen LogP contribution in [0.25, 0.3) is 31.6 Å². The van der Waals surface area contributed by atoms with Crippen molar-refractivity contribution in [2.24, 2.45) is 0 Å². The van der Waals surface area contributed by atoms with Gasteiger partial charge in [0.25, 0.3) is 0 Å². The number of hydrogen-bond acceptors (Lipinski definition) is 3. The number of halogens is 1. The summed E-state index contributed by atoms with van der Waals surface area (Å²) in [7, 11) is 0. The van der Waals surface area contributed by atoms with Crippen LogP contribution in [-0.4, -0.2) is 9.97 Å². The predicted molar refractivity (Wildman–Crippen MR) is 85.4 cm³/mol. The summed E-state index contributed by atoms with van der Waals surface area (Å²) in [4.78, 5) is 9.07. The molecule has 0 bridgehead atoms. The normalized spacial score (nSPS) is 14.8. The van der Waals surface area contributed by atoms with Gasteiger partial charge in [-0.15, -0.1) is 11.3 Å². The molecule has 0 N–H and O–H groups in total. The van der Waals surface area contributed by atoms with Crippen LogP contribution in [0.1, 0.15) is 6.85 Å². The first-order valence-corrected chi connectivity index (χ1v) is 7.01. The molecule has 0 unspecified atom stereocenters. The van der Waals surface area contributed by atoms with Gasteiger partial charge < -0.3 is 0 Å². The van der Waals surface area contributed by atoms with E-state index in [2.05, 4.69) is 9.97 Å². The fourth-order valence-electron chi connectivity index (χ4n) is 2.15. The van der Waals surface area contributed by atoms with Crippen molar-refractivity contribution in [2.45, 2.75) is 0 Å². The summed E-state index contributed by atoms with van der Waals surface area (Å²) in [5, 5.41) is 1.48. The maximum Gasteiger partial charge on any atom is 0.224 e. The van der Waals surface area contributed by atoms with Crippen molar-refractivity contribution in [3.8, 4) is 11.3 Å². The van der Waals surface area contributed by atoms with Gasteiger partial charge in [0.15, 0.2) is 0 Å². The molecule has 96 valence electrons. The zero-order chi connectivity index (χ0) is 17.9. The highest BCUT2D eigenvalue weighted by Gasteiger charge is 2.14. The van der Waals surface area contributed by atoms with Gasteiger partial charge in [0.05, 0.1) is 12.5 Å². The molecule has 0 radical (unpaired) electrons. The Bertz CT molecular complexity index is 1150. The quantitative estimate of drug-likeness (QED) is 0.454. The Morgan fingerprint density at radius 3 is 2.70 bits per heavy atom. The van der Waals surface area contributed by atoms with Crippen LogP contribution < -0.4 is 0 Å². The summed E-state index contributed by atoms with van der Waals surface area (Å²) in [5.41, 5.74) is 0.285. The lowest BCUT2D eigenvalue weighted by molar-refractivity contribution is 1.24. The van der Waals surface area contributed by atoms with E-state index in [4.69, 9.17) is 18.5 Å². The largest absolute Gasteiger partial charge is 0.224 e. The van der Waals surface area contributed by atoms with Gasteiger partial charge in [0.2, 0.25) is 5.28 Å². The van der Waals surface area contributed by atoms with E-state index < -0.39 is 18.1 Å². The van der Waals surface area contributed by atoms with E-state index in [1.165, 1.54) is 11.3 Å². The molecule has 20 heavy (non-hydrogen) atoms. The molecule has 4 aromatic rings. The van der Waals surface area contributed by atoms with Crippen LogP contribution in [0.15, 0.2) is 54.5 Å². The second-order valence-corrected chi connectivity index (χ2v) is 5.49. The minimum Gasteiger partial charge on any atom is -0.217 e. The molecule has 0 aliphatic heterocycles. The van der Waals surface area contributed by atoms with Gasteiger partial charge >= 0.3 is 0 Å². The predicted octanol–water partition coefficient (Wildman–Crippen LogP) is 5.16. The molecule has 0 spiro atoms. The molecule has 0 fully saturated rings. The highest BCUT2D eigenvalue weighted by atomic mass is 35.5. The summed E-state index contributed by atoms with van der Waals surface area (Å²) in [6.45, 7) is 0. The lowest BCUT2D eigenvalue weighted by Crippen LogP contribution is -1.88. The molecule has 4 rings (SSSR count). The third-order valence-corrected chi connectivity index (χ3v) is 4.18. The van der Waals surface area contributed by atoms with Crippen molar-refractivity contribution in [3.63, 3.8) is 0 Å². The number of aromatic nitrogens is 2. The van der Waals surface area contributed by atoms with Gasteiger partial charge in [-0.2, -0.15) is 0 Å². The maximum atomic E-state index is 8.21. The van der Waals surface area contributed by atoms with E-state index in [0.717, 1.165) is 10.1 Å². The number of fused-ring (bicyclic) bond motifs is 3. The maximum absolute atomic E-state index is 8.21. The molecule has 0 atom stereocenters. The summed E-state index contributed by atoms with van der Waals surface area (Å²) >= 11 is 7.47. The molecule has 2 heterocycles. The summed E-state index contributed by atoms with van der Waals surface area (Å²) in [5.74, 6) is 0. The average molecular weight is 302 g/mol. The Labute approximate surface area is 131 Å². The fraction of sp³-hybridized carbons (Fsp3) is 0. The first-order chi connectivity index (χ1) is 11.9. The van der Waals surface area contributed by atoms with Crippen molar-refractivity contribution >= 4 is 43.2 Å². The highest BCUT2D eigenvalue weighted by molar-refractivity contribution is 7.25. The Morgan fingerprint density at radius 1 is 1.05 bits per heavy atom. The summed E-state index contributed by atoms with van der Waals surface area (Å²) in [6.07, 6.45) is 0. The number of benzene rings is 2. The smallest absolute Gasteiger partial charge is 0.217 e. The molecular weight excluding hydrogens is 288 g/mol. The van der Waals surface area contributed by atoms with Gasteiger partial charge in [-0.25, -0.2) is 9.97 Å². The average Bonchev–Trinajstić information content (AvgIpc) is 2.96. The molecule has 4 heteroatoms. The lowest BCUT2D eigenvalue weighted by Gasteiger charge is -2.03. The second kappa shape index (κ2) is 4.54. The summed E-state index contributed by atoms with van der Waals surface area (Å²) in [6, 6.07) is 5.73. The molecule has 0 saturated heterocycles. The van der Waals surface area contributed by atoms with Gasteiger partial charge in [-0.05, 0) is 17.7 Å². The van der Waals surface area contributed by atoms with Crippen LogP contribution in [0.3, 0.4) is 0 Å². The van der Waals surface area contributed by atoms with Crippen LogP contribution >= 0.6 is 22.9 Å². The number of thiophene rings is 1. The first kappa shape index (κ1) is 7.72. The van der Waals surface area contributed by atoms with E-state index in [-0.39, 0.29) is 28.6 Å². The Balaban J connectivity index is 2.23. The van der Waals surface area contributed by atoms with Crippen LogP contribution in [-0.2, 0) is 0 Å². The van der Waals surface area contributed by atoms with Gasteiger partial charge in [0.1, 0.15) is 4.83 Å². The molecule has 2 aromatic carbocycles. The topological polar surface area (TPSA) is 25.8 Å². The van der Waals surface area contributed by atoms with E-state index in [1.54, 1.807) is 0 Å². The summed E-state index contributed by atoms with van der Waals surface area (Å²) < 4.78 is 40.9. The van der Waals surface area contributed by atoms with E-state index in [0.29, 0.717) is 10.2 Å². The molecule has 0 aliphatic rings. The number of hydrogen-bond donors (Lipinski definition) is 0. The first-order valence-electron chi connectivity index (χ1n) is 8.32. The van der Waals surface area contributed by atoms with Crippen LogP contribution in [0.4, 0.5) is 0 Å². The van der Waals surface area contributed by atoms with Crippen LogP contribution in [0.5, 0.6) is 0 Å². The zero-order valence-corrected chi connectivity index (χ0v) is 11.6. The molecule has 0 aliphatic carbocycles. The van der Waals surface area contributed by atoms with Crippen molar-refractivity contribution in [2.75, 3.05) is 0 Å². The van der Waals surface area contributed by atoms with Gasteiger partial charge in [-0.1, -0.05) is 48.4 Å². The third kappa shape index (κ3) is 1.79. The van der Waals surface area contributed by atoms with Crippen molar-refractivity contribution in [1.82, 2.24) is 9.97 Å². The fourth-order valence-corrected chi connectivity index (χ4v) is 3.44. The minimum atomic E-state index is -0.440. The van der Waals surface area contributed by atoms with Gasteiger partial charge in [-0.3, -0.25) is 0 Å². The van der Waals surface area contributed by atoms with E-state index in [1.807, 2.05) is 24.3 Å². The van der Waals surface area contributed by atoms with Crippen molar-refractivity contribution in [3.05, 3.63) is 59.8 Å². The SMILES string of the molecule is [2H]c1c([2H])c([2H])c(-c2nc(Cl)nc3sc4ccccc4c23)c([2H])c1[2H]. The zero-order valence-electron chi connectivity index (χ0n) is 15.0. The van der Waals surface area contributed by atoms with E-state index in [9.17, 15) is 0 Å². The number of nitrogens with zero attached hydrogens (tertiary/aromatic N) is 2. The van der Waals surface area contributed by atoms with E-state index >= 15 is 0 Å². The Kier molecular flexibility index (Phi) is 1.75. The highest BCUT2D eigenvalue weighted by Crippen LogP contribution is 2.38. The molecule has 2 aromatic heterocycles. The minimum absolute atomic E-state index is 0.0270. The third-order valence-electron chi connectivity index (χ3n) is 2.95. The molecule has 2 nitrogen and oxygen atoms in total. The Morgan fingerprint density at radius 2 is 1.85 bits per heavy atom. The Hall–Kier alpha value is -1.97. The van der Waals surface area contributed by atoms with Crippen molar-refractivity contribution < 1.29 is 6.85 Å². The monoisotopic (exact) mass is 301 g/mol. The van der Waals surface area contributed by atoms with Crippen LogP contribution in [0, 0.1) is 0 Å².